The van der Waals surface area contributed by atoms with E-state index in [2.05, 4.69) is 42.5 Å². The number of benzene rings is 2. The van der Waals surface area contributed by atoms with Crippen molar-refractivity contribution < 1.29 is 9.53 Å². The van der Waals surface area contributed by atoms with Gasteiger partial charge in [0.2, 0.25) is 0 Å². The molecule has 1 N–H and O–H groups in total. The lowest BCUT2D eigenvalue weighted by Gasteiger charge is -2.30. The van der Waals surface area contributed by atoms with Crippen LogP contribution >= 0.6 is 0 Å². The Bertz CT molecular complexity index is 883. The molecule has 3 saturated heterocycles. The number of nitrogens with zero attached hydrogens (tertiary/aromatic N) is 2. The van der Waals surface area contributed by atoms with E-state index >= 15 is 0 Å². The highest BCUT2D eigenvalue weighted by atomic mass is 16.5. The highest BCUT2D eigenvalue weighted by Crippen LogP contribution is 2.54. The van der Waals surface area contributed by atoms with Gasteiger partial charge >= 0.3 is 6.03 Å². The Morgan fingerprint density at radius 1 is 1.26 bits per heavy atom. The van der Waals surface area contributed by atoms with E-state index < -0.39 is 0 Å². The number of nitrogens with one attached hydrogen (secondary N) is 1. The molecule has 2 bridgehead atoms. The van der Waals surface area contributed by atoms with Gasteiger partial charge in [0.1, 0.15) is 0 Å². The summed E-state index contributed by atoms with van der Waals surface area (Å²) in [5.74, 6) is 0.994. The first kappa shape index (κ1) is 17.0. The smallest absolute Gasteiger partial charge is 0.321 e. The maximum atomic E-state index is 12.9. The number of hydrogen-bond donors (Lipinski definition) is 1. The van der Waals surface area contributed by atoms with Crippen molar-refractivity contribution in [1.29, 1.82) is 0 Å². The third-order valence-electron chi connectivity index (χ3n) is 6.65. The molecular weight excluding hydrogens is 338 g/mol. The van der Waals surface area contributed by atoms with Crippen LogP contribution in [0.5, 0.6) is 0 Å². The molecule has 0 unspecified atom stereocenters. The van der Waals surface area contributed by atoms with Gasteiger partial charge in [-0.25, -0.2) is 4.79 Å². The lowest BCUT2D eigenvalue weighted by atomic mass is 9.73. The van der Waals surface area contributed by atoms with E-state index in [9.17, 15) is 4.79 Å². The van der Waals surface area contributed by atoms with Crippen molar-refractivity contribution in [2.45, 2.75) is 24.5 Å². The first-order valence-electron chi connectivity index (χ1n) is 9.91. The van der Waals surface area contributed by atoms with Gasteiger partial charge in [-0.3, -0.25) is 0 Å². The maximum absolute atomic E-state index is 12.9. The molecule has 27 heavy (non-hydrogen) atoms. The number of fused-ring (bicyclic) bond motifs is 2. The van der Waals surface area contributed by atoms with E-state index in [-0.39, 0.29) is 11.6 Å². The summed E-state index contributed by atoms with van der Waals surface area (Å²) in [6.07, 6.45) is 2.60. The highest BCUT2D eigenvalue weighted by Gasteiger charge is 2.63. The molecule has 2 amide bonds. The van der Waals surface area contributed by atoms with E-state index in [0.717, 1.165) is 43.5 Å². The molecule has 1 spiro atoms. The predicted molar refractivity (Wildman–Crippen MR) is 107 cm³/mol. The van der Waals surface area contributed by atoms with E-state index in [1.165, 1.54) is 5.39 Å². The number of carbonyl (C=O) groups excluding carboxylic acids is 1. The molecule has 142 valence electrons. The molecule has 0 radical (unpaired) electrons. The molecule has 3 aliphatic rings. The second-order valence-electron chi connectivity index (χ2n) is 8.66. The van der Waals surface area contributed by atoms with Crippen LogP contribution in [0.1, 0.15) is 12.8 Å². The van der Waals surface area contributed by atoms with Crippen LogP contribution in [0.3, 0.4) is 0 Å². The summed E-state index contributed by atoms with van der Waals surface area (Å²) in [7, 11) is 4.25. The van der Waals surface area contributed by atoms with Gasteiger partial charge in [0, 0.05) is 30.6 Å². The highest BCUT2D eigenvalue weighted by molar-refractivity contribution is 5.93. The molecule has 3 heterocycles. The van der Waals surface area contributed by atoms with Crippen molar-refractivity contribution in [2.75, 3.05) is 39.0 Å². The molecule has 0 aliphatic carbocycles. The van der Waals surface area contributed by atoms with Gasteiger partial charge in [-0.15, -0.1) is 0 Å². The Morgan fingerprint density at radius 3 is 2.89 bits per heavy atom. The van der Waals surface area contributed by atoms with Crippen molar-refractivity contribution in [3.05, 3.63) is 42.5 Å². The maximum Gasteiger partial charge on any atom is 0.321 e. The molecule has 5 nitrogen and oxygen atoms in total. The number of hydrogen-bond acceptors (Lipinski definition) is 3. The minimum atomic E-state index is -0.105. The van der Waals surface area contributed by atoms with Gasteiger partial charge < -0.3 is 19.9 Å². The molecule has 0 saturated carbocycles. The second kappa shape index (κ2) is 6.21. The van der Waals surface area contributed by atoms with Crippen molar-refractivity contribution in [1.82, 2.24) is 9.80 Å². The zero-order valence-electron chi connectivity index (χ0n) is 16.0. The van der Waals surface area contributed by atoms with Gasteiger partial charge in [0.05, 0.1) is 18.2 Å². The van der Waals surface area contributed by atoms with Gasteiger partial charge in [0.15, 0.2) is 0 Å². The summed E-state index contributed by atoms with van der Waals surface area (Å²) in [5, 5.41) is 5.42. The Kier molecular flexibility index (Phi) is 3.92. The molecule has 5 rings (SSSR count). The van der Waals surface area contributed by atoms with Crippen molar-refractivity contribution >= 4 is 22.5 Å². The monoisotopic (exact) mass is 365 g/mol. The summed E-state index contributed by atoms with van der Waals surface area (Å²) < 4.78 is 6.44. The molecule has 0 aromatic heterocycles. The number of amides is 2. The van der Waals surface area contributed by atoms with E-state index in [0.29, 0.717) is 17.9 Å². The van der Waals surface area contributed by atoms with Crippen LogP contribution in [0.25, 0.3) is 10.8 Å². The minimum absolute atomic E-state index is 0.00953. The molecule has 3 fully saturated rings. The normalized spacial score (nSPS) is 31.7. The molecule has 5 heteroatoms. The van der Waals surface area contributed by atoms with Crippen molar-refractivity contribution in [3.63, 3.8) is 0 Å². The van der Waals surface area contributed by atoms with Crippen LogP contribution in [0.15, 0.2) is 42.5 Å². The van der Waals surface area contributed by atoms with Gasteiger partial charge in [0.25, 0.3) is 0 Å². The van der Waals surface area contributed by atoms with Gasteiger partial charge in [-0.2, -0.15) is 0 Å². The Labute approximate surface area is 160 Å². The number of likely N-dealkylation sites (tertiary alicyclic amines) is 1. The van der Waals surface area contributed by atoms with E-state index in [1.54, 1.807) is 0 Å². The number of rotatable bonds is 3. The third-order valence-corrected chi connectivity index (χ3v) is 6.65. The lowest BCUT2D eigenvalue weighted by Crippen LogP contribution is -2.40. The Hall–Kier alpha value is -2.11. The average Bonchev–Trinajstić information content (AvgIpc) is 3.31. The van der Waals surface area contributed by atoms with Crippen LogP contribution in [-0.2, 0) is 4.74 Å². The topological polar surface area (TPSA) is 44.8 Å². The number of urea groups is 1. The lowest BCUT2D eigenvalue weighted by molar-refractivity contribution is 0.00534. The fourth-order valence-electron chi connectivity index (χ4n) is 5.48. The summed E-state index contributed by atoms with van der Waals surface area (Å²) in [6, 6.07) is 14.3. The predicted octanol–water partition coefficient (Wildman–Crippen LogP) is 3.41. The zero-order chi connectivity index (χ0) is 18.6. The average molecular weight is 365 g/mol. The van der Waals surface area contributed by atoms with E-state index in [1.807, 2.05) is 29.2 Å². The van der Waals surface area contributed by atoms with Crippen LogP contribution < -0.4 is 5.32 Å². The van der Waals surface area contributed by atoms with Gasteiger partial charge in [-0.1, -0.05) is 30.3 Å². The summed E-state index contributed by atoms with van der Waals surface area (Å²) in [5.41, 5.74) is 0.745. The van der Waals surface area contributed by atoms with E-state index in [4.69, 9.17) is 4.74 Å². The third kappa shape index (κ3) is 2.80. The van der Waals surface area contributed by atoms with Crippen LogP contribution in [-0.4, -0.2) is 61.3 Å². The number of carbonyl (C=O) groups is 1. The quantitative estimate of drug-likeness (QED) is 0.907. The molecule has 4 atom stereocenters. The van der Waals surface area contributed by atoms with Crippen LogP contribution in [0.4, 0.5) is 10.5 Å². The standard InChI is InChI=1S/C22H27N3O2/c1-24(2)12-18-19-13-25(14-22(19)10-9-20(18)27-22)21(26)23-17-8-7-15-5-3-4-6-16(15)11-17/h3-8,11,18-20H,9-10,12-14H2,1-2H3,(H,23,26)/t18-,19+,20+,22+/m0/s1. The molecular formula is C22H27N3O2. The van der Waals surface area contributed by atoms with Crippen molar-refractivity contribution in [2.24, 2.45) is 11.8 Å². The number of ether oxygens (including phenoxy) is 1. The first-order chi connectivity index (χ1) is 13.0. The Morgan fingerprint density at radius 2 is 2.07 bits per heavy atom. The fourth-order valence-corrected chi connectivity index (χ4v) is 5.48. The van der Waals surface area contributed by atoms with Crippen LogP contribution in [0.2, 0.25) is 0 Å². The summed E-state index contributed by atoms with van der Waals surface area (Å²) in [6.45, 7) is 2.56. The van der Waals surface area contributed by atoms with Crippen LogP contribution in [0, 0.1) is 11.8 Å². The summed E-state index contributed by atoms with van der Waals surface area (Å²) in [4.78, 5) is 17.1. The minimum Gasteiger partial charge on any atom is -0.369 e. The SMILES string of the molecule is CN(C)C[C@H]1[C@H]2CN(C(=O)Nc3ccc4ccccc4c3)C[C@]23CC[C@H]1O3. The van der Waals surface area contributed by atoms with Gasteiger partial charge in [-0.05, 0) is 49.8 Å². The summed E-state index contributed by atoms with van der Waals surface area (Å²) >= 11 is 0. The Balaban J connectivity index is 1.31. The first-order valence-corrected chi connectivity index (χ1v) is 9.91. The second-order valence-corrected chi connectivity index (χ2v) is 8.66. The number of anilines is 1. The molecule has 3 aliphatic heterocycles. The fraction of sp³-hybridized carbons (Fsp3) is 0.500. The van der Waals surface area contributed by atoms with Crippen molar-refractivity contribution in [3.8, 4) is 0 Å². The molecule has 2 aromatic carbocycles. The molecule has 2 aromatic rings. The largest absolute Gasteiger partial charge is 0.369 e. The zero-order valence-corrected chi connectivity index (χ0v) is 16.0.